The summed E-state index contributed by atoms with van der Waals surface area (Å²) in [7, 11) is 0. The van der Waals surface area contributed by atoms with E-state index >= 15 is 0 Å². The zero-order valence-corrected chi connectivity index (χ0v) is 22.4. The molecule has 1 aliphatic rings. The summed E-state index contributed by atoms with van der Waals surface area (Å²) in [5, 5.41) is 0. The molecule has 0 spiro atoms. The van der Waals surface area contributed by atoms with Crippen LogP contribution in [-0.4, -0.2) is 22.5 Å². The quantitative estimate of drug-likeness (QED) is 0.324. The van der Waals surface area contributed by atoms with Crippen LogP contribution in [-0.2, 0) is 0 Å². The van der Waals surface area contributed by atoms with Gasteiger partial charge in [0.15, 0.2) is 0 Å². The molecule has 2 nitrogen and oxygen atoms in total. The van der Waals surface area contributed by atoms with Crippen molar-refractivity contribution in [3.8, 4) is 11.3 Å². The first-order valence-electron chi connectivity index (χ1n) is 12.7. The summed E-state index contributed by atoms with van der Waals surface area (Å²) in [5.41, 5.74) is 5.74. The van der Waals surface area contributed by atoms with Crippen LogP contribution in [0.3, 0.4) is 0 Å². The maximum atomic E-state index is 13.9. The van der Waals surface area contributed by atoms with Crippen LogP contribution in [0.1, 0.15) is 51.7 Å². The van der Waals surface area contributed by atoms with Crippen molar-refractivity contribution in [1.29, 1.82) is 0 Å². The summed E-state index contributed by atoms with van der Waals surface area (Å²) in [6, 6.07) is 21.4. The zero-order valence-electron chi connectivity index (χ0n) is 22.4. The van der Waals surface area contributed by atoms with Gasteiger partial charge in [0.1, 0.15) is 11.5 Å². The summed E-state index contributed by atoms with van der Waals surface area (Å²) in [4.78, 5) is 6.51. The second-order valence-corrected chi connectivity index (χ2v) is 7.72. The van der Waals surface area contributed by atoms with E-state index < -0.39 is 0 Å². The second kappa shape index (κ2) is 16.8. The third-order valence-electron chi connectivity index (χ3n) is 5.56. The third kappa shape index (κ3) is 8.20. The van der Waals surface area contributed by atoms with Gasteiger partial charge in [-0.3, -0.25) is 4.98 Å². The average molecular weight is 485 g/mol. The lowest BCUT2D eigenvalue weighted by atomic mass is 10.0. The van der Waals surface area contributed by atoms with E-state index in [1.165, 1.54) is 17.2 Å². The van der Waals surface area contributed by atoms with Gasteiger partial charge in [-0.2, -0.15) is 0 Å². The Morgan fingerprint density at radius 2 is 1.53 bits per heavy atom. The SMILES string of the molecule is C=C.C=C1C(c2ccc(-c3ncccc3F)cc2)=CC(CC)N1CCC.C=Cc1ccccc1.CC. The van der Waals surface area contributed by atoms with Crippen LogP contribution in [0, 0.1) is 5.82 Å². The number of aromatic nitrogens is 1. The van der Waals surface area contributed by atoms with Crippen molar-refractivity contribution < 1.29 is 4.39 Å². The number of nitrogens with zero attached hydrogens (tertiary/aromatic N) is 2. The monoisotopic (exact) mass is 484 g/mol. The highest BCUT2D eigenvalue weighted by Crippen LogP contribution is 2.35. The lowest BCUT2D eigenvalue weighted by Gasteiger charge is -2.26. The van der Waals surface area contributed by atoms with Crippen LogP contribution in [0.2, 0.25) is 0 Å². The Labute approximate surface area is 218 Å². The van der Waals surface area contributed by atoms with Crippen molar-refractivity contribution in [3.63, 3.8) is 0 Å². The van der Waals surface area contributed by atoms with Crippen LogP contribution >= 0.6 is 0 Å². The van der Waals surface area contributed by atoms with E-state index in [1.54, 1.807) is 12.3 Å². The Morgan fingerprint density at radius 1 is 0.917 bits per heavy atom. The topological polar surface area (TPSA) is 16.1 Å². The van der Waals surface area contributed by atoms with E-state index in [9.17, 15) is 4.39 Å². The molecule has 1 unspecified atom stereocenters. The van der Waals surface area contributed by atoms with Gasteiger partial charge in [-0.15, -0.1) is 13.2 Å². The van der Waals surface area contributed by atoms with Crippen molar-refractivity contribution in [2.45, 2.75) is 46.6 Å². The summed E-state index contributed by atoms with van der Waals surface area (Å²) < 4.78 is 13.9. The Balaban J connectivity index is 0.000000452. The highest BCUT2D eigenvalue weighted by Gasteiger charge is 2.26. The molecule has 3 heteroatoms. The maximum absolute atomic E-state index is 13.9. The molecule has 3 aromatic rings. The molecule has 1 aromatic heterocycles. The molecule has 0 bridgehead atoms. The number of hydrogen-bond acceptors (Lipinski definition) is 2. The van der Waals surface area contributed by atoms with E-state index in [1.807, 2.05) is 74.5 Å². The normalized spacial score (nSPS) is 13.7. The van der Waals surface area contributed by atoms with Gasteiger partial charge < -0.3 is 4.90 Å². The Kier molecular flexibility index (Phi) is 14.2. The first-order chi connectivity index (χ1) is 17.6. The van der Waals surface area contributed by atoms with Crippen molar-refractivity contribution in [2.24, 2.45) is 0 Å². The molecular weight excluding hydrogens is 443 g/mol. The molecule has 0 radical (unpaired) electrons. The number of halogens is 1. The van der Waals surface area contributed by atoms with Crippen LogP contribution in [0.4, 0.5) is 4.39 Å². The fourth-order valence-corrected chi connectivity index (χ4v) is 3.87. The minimum Gasteiger partial charge on any atom is -0.365 e. The van der Waals surface area contributed by atoms with Crippen molar-refractivity contribution in [3.05, 3.63) is 128 Å². The van der Waals surface area contributed by atoms with Gasteiger partial charge >= 0.3 is 0 Å². The smallest absolute Gasteiger partial charge is 0.149 e. The largest absolute Gasteiger partial charge is 0.365 e. The highest BCUT2D eigenvalue weighted by atomic mass is 19.1. The average Bonchev–Trinajstić information content (AvgIpc) is 3.27. The second-order valence-electron chi connectivity index (χ2n) is 7.72. The molecule has 0 saturated carbocycles. The maximum Gasteiger partial charge on any atom is 0.149 e. The molecule has 36 heavy (non-hydrogen) atoms. The molecule has 2 aromatic carbocycles. The fraction of sp³-hybridized carbons (Fsp3) is 0.242. The number of hydrogen-bond donors (Lipinski definition) is 0. The molecular formula is C33H41FN2. The first kappa shape index (κ1) is 30.3. The molecule has 0 saturated heterocycles. The molecule has 0 N–H and O–H groups in total. The van der Waals surface area contributed by atoms with Gasteiger partial charge in [0, 0.05) is 35.6 Å². The molecule has 0 fully saturated rings. The predicted octanol–water partition coefficient (Wildman–Crippen LogP) is 9.45. The van der Waals surface area contributed by atoms with Crippen LogP contribution in [0.5, 0.6) is 0 Å². The van der Waals surface area contributed by atoms with E-state index in [-0.39, 0.29) is 5.82 Å². The zero-order chi connectivity index (χ0) is 26.9. The number of pyridine rings is 1. The predicted molar refractivity (Wildman–Crippen MR) is 157 cm³/mol. The molecule has 4 rings (SSSR count). The van der Waals surface area contributed by atoms with Crippen molar-refractivity contribution in [2.75, 3.05) is 6.54 Å². The van der Waals surface area contributed by atoms with Gasteiger partial charge in [0.25, 0.3) is 0 Å². The van der Waals surface area contributed by atoms with Crippen LogP contribution < -0.4 is 0 Å². The van der Waals surface area contributed by atoms with E-state index in [0.717, 1.165) is 36.2 Å². The lowest BCUT2D eigenvalue weighted by molar-refractivity contribution is 0.312. The lowest BCUT2D eigenvalue weighted by Crippen LogP contribution is -2.28. The molecule has 1 aliphatic heterocycles. The number of benzene rings is 2. The molecule has 1 atom stereocenters. The van der Waals surface area contributed by atoms with E-state index in [0.29, 0.717) is 11.7 Å². The van der Waals surface area contributed by atoms with Gasteiger partial charge in [-0.05, 0) is 36.1 Å². The van der Waals surface area contributed by atoms with Crippen molar-refractivity contribution in [1.82, 2.24) is 9.88 Å². The summed E-state index contributed by atoms with van der Waals surface area (Å²) >= 11 is 0. The van der Waals surface area contributed by atoms with E-state index in [2.05, 4.69) is 56.1 Å². The molecule has 0 amide bonds. The Hall–Kier alpha value is -3.72. The fourth-order valence-electron chi connectivity index (χ4n) is 3.87. The number of allylic oxidation sites excluding steroid dienone is 1. The molecule has 0 aliphatic carbocycles. The highest BCUT2D eigenvalue weighted by molar-refractivity contribution is 5.81. The summed E-state index contributed by atoms with van der Waals surface area (Å²) in [6.07, 6.45) is 7.92. The van der Waals surface area contributed by atoms with Crippen molar-refractivity contribution >= 4 is 11.6 Å². The third-order valence-corrected chi connectivity index (χ3v) is 5.56. The first-order valence-corrected chi connectivity index (χ1v) is 12.7. The summed E-state index contributed by atoms with van der Waals surface area (Å²) in [6.45, 7) is 23.3. The van der Waals surface area contributed by atoms with E-state index in [4.69, 9.17) is 0 Å². The molecule has 190 valence electrons. The minimum absolute atomic E-state index is 0.296. The summed E-state index contributed by atoms with van der Waals surface area (Å²) in [5.74, 6) is -0.296. The van der Waals surface area contributed by atoms with Gasteiger partial charge in [0.2, 0.25) is 0 Å². The standard InChI is InChI=1S/C21H23FN2.C8H8.C2H6.C2H4/c1-4-13-24-15(3)19(14-18(24)5-2)16-8-10-17(11-9-16)21-20(22)7-6-12-23-21;1-2-8-6-4-3-5-7-8;2*1-2/h6-12,14,18H,3-5,13H2,1-2H3;2-7H,1H2;1-2H3;1-2H2. The minimum atomic E-state index is -0.296. The Morgan fingerprint density at radius 3 is 2.03 bits per heavy atom. The van der Waals surface area contributed by atoms with Crippen LogP contribution in [0.25, 0.3) is 22.9 Å². The number of rotatable bonds is 6. The van der Waals surface area contributed by atoms with Gasteiger partial charge in [0.05, 0.1) is 0 Å². The van der Waals surface area contributed by atoms with Gasteiger partial charge in [-0.25, -0.2) is 4.39 Å². The molecule has 2 heterocycles. The van der Waals surface area contributed by atoms with Crippen LogP contribution in [0.15, 0.2) is 111 Å². The Bertz CT molecular complexity index is 1080. The van der Waals surface area contributed by atoms with Gasteiger partial charge in [-0.1, -0.05) is 108 Å².